The Balaban J connectivity index is 1.81. The third-order valence-electron chi connectivity index (χ3n) is 4.99. The van der Waals surface area contributed by atoms with Crippen LogP contribution < -0.4 is 5.32 Å². The molecule has 0 unspecified atom stereocenters. The Morgan fingerprint density at radius 1 is 1.27 bits per heavy atom. The molecule has 0 spiro atoms. The first-order chi connectivity index (χ1) is 14.0. The number of hydrogen-bond acceptors (Lipinski definition) is 5. The fourth-order valence-corrected chi connectivity index (χ4v) is 3.09. The number of aryl methyl sites for hydroxylation is 1. The quantitative estimate of drug-likeness (QED) is 0.580. The lowest BCUT2D eigenvalue weighted by molar-refractivity contribution is 0.0113. The van der Waals surface area contributed by atoms with Crippen LogP contribution in [0.4, 0.5) is 5.69 Å². The van der Waals surface area contributed by atoms with Crippen LogP contribution in [0.25, 0.3) is 10.9 Å². The van der Waals surface area contributed by atoms with E-state index in [1.54, 1.807) is 51.3 Å². The largest absolute Gasteiger partial charge is 0.384 e. The predicted molar refractivity (Wildman–Crippen MR) is 118 cm³/mol. The summed E-state index contributed by atoms with van der Waals surface area (Å²) in [5, 5.41) is 18.7. The molecule has 2 N–H and O–H groups in total. The molecule has 8 heteroatoms. The van der Waals surface area contributed by atoms with E-state index in [-0.39, 0.29) is 11.3 Å². The number of ether oxygens (including phenoxy) is 1. The van der Waals surface area contributed by atoms with E-state index in [4.69, 9.17) is 16.3 Å². The Morgan fingerprint density at radius 3 is 2.67 bits per heavy atom. The van der Waals surface area contributed by atoms with Crippen molar-refractivity contribution in [3.63, 3.8) is 0 Å². The average molecular weight is 431 g/mol. The van der Waals surface area contributed by atoms with Gasteiger partial charge in [0.25, 0.3) is 5.91 Å². The third-order valence-corrected chi connectivity index (χ3v) is 5.31. The first-order valence-electron chi connectivity index (χ1n) is 9.72. The van der Waals surface area contributed by atoms with Crippen molar-refractivity contribution in [2.24, 2.45) is 0 Å². The summed E-state index contributed by atoms with van der Waals surface area (Å²) in [5.74, 6) is -0.406. The molecule has 7 nitrogen and oxygen atoms in total. The van der Waals surface area contributed by atoms with Gasteiger partial charge in [-0.1, -0.05) is 17.7 Å². The molecule has 0 radical (unpaired) electrons. The summed E-state index contributed by atoms with van der Waals surface area (Å²) in [5.41, 5.74) is 0.454. The number of nitrogens with one attached hydrogen (secondary N) is 1. The van der Waals surface area contributed by atoms with Crippen LogP contribution in [0.15, 0.2) is 36.5 Å². The van der Waals surface area contributed by atoms with E-state index >= 15 is 0 Å². The summed E-state index contributed by atoms with van der Waals surface area (Å²) in [6.45, 7) is 7.99. The number of hydrogen-bond donors (Lipinski definition) is 2. The Labute approximate surface area is 181 Å². The number of carbonyl (C=O) groups is 1. The highest BCUT2D eigenvalue weighted by atomic mass is 35.5. The van der Waals surface area contributed by atoms with Crippen molar-refractivity contribution in [3.8, 4) is 0 Å². The lowest BCUT2D eigenvalue weighted by Crippen LogP contribution is -2.24. The minimum atomic E-state index is -1.14. The number of aromatic nitrogens is 3. The van der Waals surface area contributed by atoms with Gasteiger partial charge in [-0.2, -0.15) is 5.10 Å². The van der Waals surface area contributed by atoms with Crippen molar-refractivity contribution in [3.05, 3.63) is 52.9 Å². The third kappa shape index (κ3) is 5.16. The molecule has 30 heavy (non-hydrogen) atoms. The smallest absolute Gasteiger partial charge is 0.274 e. The number of amides is 1. The van der Waals surface area contributed by atoms with E-state index < -0.39 is 11.5 Å². The van der Waals surface area contributed by atoms with Gasteiger partial charge >= 0.3 is 0 Å². The van der Waals surface area contributed by atoms with Crippen molar-refractivity contribution < 1.29 is 14.6 Å². The maximum absolute atomic E-state index is 12.7. The fourth-order valence-electron chi connectivity index (χ4n) is 2.88. The van der Waals surface area contributed by atoms with Crippen LogP contribution in [-0.2, 0) is 16.9 Å². The molecule has 0 aliphatic heterocycles. The van der Waals surface area contributed by atoms with Crippen molar-refractivity contribution in [1.29, 1.82) is 0 Å². The standard InChI is InChI=1S/C22H27ClN4O3/c1-21(2,30-5)9-10-27-13-14-11-18(15(23)12-17(14)26-27)25-20(28)16-7-6-8-19(24-16)22(3,4)29/h6-8,11-13,29H,9-10H2,1-5H3,(H,25,28). The summed E-state index contributed by atoms with van der Waals surface area (Å²) < 4.78 is 7.30. The number of halogens is 1. The molecular formula is C22H27ClN4O3. The van der Waals surface area contributed by atoms with Gasteiger partial charge in [0.2, 0.25) is 0 Å². The molecule has 0 aliphatic carbocycles. The highest BCUT2D eigenvalue weighted by molar-refractivity contribution is 6.34. The zero-order valence-electron chi connectivity index (χ0n) is 17.9. The van der Waals surface area contributed by atoms with Crippen molar-refractivity contribution >= 4 is 34.1 Å². The molecule has 0 saturated heterocycles. The van der Waals surface area contributed by atoms with Crippen LogP contribution >= 0.6 is 11.6 Å². The van der Waals surface area contributed by atoms with Crippen LogP contribution in [-0.4, -0.2) is 38.5 Å². The first kappa shape index (κ1) is 22.2. The molecule has 0 aliphatic rings. The SMILES string of the molecule is COC(C)(C)CCn1cc2cc(NC(=O)c3cccc(C(C)(C)O)n3)c(Cl)cc2n1. The molecule has 0 saturated carbocycles. The molecule has 2 aromatic heterocycles. The number of anilines is 1. The highest BCUT2D eigenvalue weighted by Gasteiger charge is 2.20. The van der Waals surface area contributed by atoms with Gasteiger partial charge in [-0.15, -0.1) is 0 Å². The molecule has 0 atom stereocenters. The second-order valence-corrected chi connectivity index (χ2v) is 8.83. The molecular weight excluding hydrogens is 404 g/mol. The summed E-state index contributed by atoms with van der Waals surface area (Å²) in [6.07, 6.45) is 2.72. The average Bonchev–Trinajstić information content (AvgIpc) is 3.08. The molecule has 0 bridgehead atoms. The number of benzene rings is 1. The lowest BCUT2D eigenvalue weighted by atomic mass is 10.0. The van der Waals surface area contributed by atoms with E-state index in [2.05, 4.69) is 15.4 Å². The van der Waals surface area contributed by atoms with E-state index in [0.29, 0.717) is 22.9 Å². The maximum Gasteiger partial charge on any atom is 0.274 e. The number of pyridine rings is 1. The minimum absolute atomic E-state index is 0.197. The van der Waals surface area contributed by atoms with E-state index in [0.717, 1.165) is 17.3 Å². The van der Waals surface area contributed by atoms with Crippen LogP contribution in [0.1, 0.15) is 50.3 Å². The summed E-state index contributed by atoms with van der Waals surface area (Å²) >= 11 is 6.38. The number of rotatable bonds is 7. The number of nitrogens with zero attached hydrogens (tertiary/aromatic N) is 3. The molecule has 2 heterocycles. The van der Waals surface area contributed by atoms with Gasteiger partial charge in [0, 0.05) is 25.2 Å². The Kier molecular flexibility index (Phi) is 6.17. The van der Waals surface area contributed by atoms with Crippen LogP contribution in [0.2, 0.25) is 5.02 Å². The van der Waals surface area contributed by atoms with E-state index in [9.17, 15) is 9.90 Å². The Hall–Kier alpha value is -2.48. The van der Waals surface area contributed by atoms with Crippen molar-refractivity contribution in [1.82, 2.24) is 14.8 Å². The van der Waals surface area contributed by atoms with Gasteiger partial charge in [-0.05, 0) is 58.4 Å². The predicted octanol–water partition coefficient (Wildman–Crippen LogP) is 4.38. The summed E-state index contributed by atoms with van der Waals surface area (Å²) in [4.78, 5) is 16.9. The van der Waals surface area contributed by atoms with Crippen LogP contribution in [0.5, 0.6) is 0 Å². The van der Waals surface area contributed by atoms with Crippen molar-refractivity contribution in [2.45, 2.75) is 51.9 Å². The zero-order valence-corrected chi connectivity index (χ0v) is 18.6. The van der Waals surface area contributed by atoms with Crippen LogP contribution in [0.3, 0.4) is 0 Å². The molecule has 160 valence electrons. The maximum atomic E-state index is 12.7. The van der Waals surface area contributed by atoms with Gasteiger partial charge in [0.1, 0.15) is 11.3 Å². The fraction of sp³-hybridized carbons (Fsp3) is 0.409. The first-order valence-corrected chi connectivity index (χ1v) is 10.1. The Morgan fingerprint density at radius 2 is 2.00 bits per heavy atom. The Bertz CT molecular complexity index is 1070. The topological polar surface area (TPSA) is 89.3 Å². The zero-order chi connectivity index (χ0) is 22.1. The highest BCUT2D eigenvalue weighted by Crippen LogP contribution is 2.28. The van der Waals surface area contributed by atoms with Gasteiger partial charge in [0.15, 0.2) is 0 Å². The lowest BCUT2D eigenvalue weighted by Gasteiger charge is -2.22. The van der Waals surface area contributed by atoms with E-state index in [1.165, 1.54) is 0 Å². The van der Waals surface area contributed by atoms with Gasteiger partial charge in [0.05, 0.1) is 27.5 Å². The molecule has 0 fully saturated rings. The monoisotopic (exact) mass is 430 g/mol. The van der Waals surface area contributed by atoms with Crippen molar-refractivity contribution in [2.75, 3.05) is 12.4 Å². The second-order valence-electron chi connectivity index (χ2n) is 8.42. The van der Waals surface area contributed by atoms with Crippen LogP contribution in [0, 0.1) is 0 Å². The number of aliphatic hydroxyl groups is 1. The number of fused-ring (bicyclic) bond motifs is 1. The van der Waals surface area contributed by atoms with Gasteiger partial charge < -0.3 is 15.2 Å². The number of carbonyl (C=O) groups excluding carboxylic acids is 1. The summed E-state index contributed by atoms with van der Waals surface area (Å²) in [6, 6.07) is 8.47. The minimum Gasteiger partial charge on any atom is -0.384 e. The van der Waals surface area contributed by atoms with Gasteiger partial charge in [-0.3, -0.25) is 9.48 Å². The summed E-state index contributed by atoms with van der Waals surface area (Å²) in [7, 11) is 1.69. The number of methoxy groups -OCH3 is 1. The molecule has 1 amide bonds. The molecule has 3 aromatic rings. The van der Waals surface area contributed by atoms with Gasteiger partial charge in [-0.25, -0.2) is 4.98 Å². The molecule has 1 aromatic carbocycles. The molecule has 3 rings (SSSR count). The van der Waals surface area contributed by atoms with E-state index in [1.807, 2.05) is 24.7 Å². The normalized spacial score (nSPS) is 12.4. The second kappa shape index (κ2) is 8.34.